The maximum atomic E-state index is 13.7. The predicted molar refractivity (Wildman–Crippen MR) is 118 cm³/mol. The average molecular weight is 439 g/mol. The lowest BCUT2D eigenvalue weighted by atomic mass is 9.88. The Balaban J connectivity index is 1.74. The van der Waals surface area contributed by atoms with E-state index in [1.54, 1.807) is 7.11 Å². The van der Waals surface area contributed by atoms with E-state index in [0.29, 0.717) is 12.2 Å². The molecule has 1 saturated carbocycles. The highest BCUT2D eigenvalue weighted by Crippen LogP contribution is 2.63. The van der Waals surface area contributed by atoms with Gasteiger partial charge in [0.15, 0.2) is 0 Å². The molecule has 2 aromatic rings. The minimum atomic E-state index is -0.996. The van der Waals surface area contributed by atoms with Crippen LogP contribution >= 0.6 is 0 Å². The number of nitrogens with zero attached hydrogens (tertiary/aromatic N) is 2. The van der Waals surface area contributed by atoms with Crippen molar-refractivity contribution in [2.75, 3.05) is 13.7 Å². The summed E-state index contributed by atoms with van der Waals surface area (Å²) in [7, 11) is 1.58. The Hall–Kier alpha value is -2.96. The number of carbonyl (C=O) groups is 2. The van der Waals surface area contributed by atoms with Crippen LogP contribution in [0.4, 0.5) is 0 Å². The maximum Gasteiger partial charge on any atom is 0.348 e. The van der Waals surface area contributed by atoms with Crippen molar-refractivity contribution in [3.63, 3.8) is 0 Å². The summed E-state index contributed by atoms with van der Waals surface area (Å²) in [5.41, 5.74) is 1.78. The molecule has 32 heavy (non-hydrogen) atoms. The van der Waals surface area contributed by atoms with E-state index in [0.717, 1.165) is 22.5 Å². The summed E-state index contributed by atoms with van der Waals surface area (Å²) < 4.78 is 16.6. The van der Waals surface area contributed by atoms with Crippen LogP contribution in [0.1, 0.15) is 68.5 Å². The molecule has 2 fully saturated rings. The van der Waals surface area contributed by atoms with Crippen molar-refractivity contribution < 1.29 is 23.8 Å². The van der Waals surface area contributed by atoms with Crippen LogP contribution < -0.4 is 4.74 Å². The van der Waals surface area contributed by atoms with E-state index < -0.39 is 28.9 Å². The number of esters is 2. The summed E-state index contributed by atoms with van der Waals surface area (Å²) in [6, 6.07) is 9.63. The lowest BCUT2D eigenvalue weighted by Crippen LogP contribution is -2.39. The molecule has 4 rings (SSSR count). The minimum Gasteiger partial charge on any atom is -0.496 e. The van der Waals surface area contributed by atoms with Gasteiger partial charge in [0.05, 0.1) is 18.5 Å². The summed E-state index contributed by atoms with van der Waals surface area (Å²) in [6.07, 6.45) is -0.442. The van der Waals surface area contributed by atoms with E-state index in [1.165, 1.54) is 0 Å². The molecule has 1 aliphatic heterocycles. The number of methoxy groups -OCH3 is 1. The molecule has 2 unspecified atom stereocenters. The standard InChI is InChI=1S/C25H30N2O5/c1-14(2)18-8-9-19(27-26-18)17-12-25(17,16-11-15(3)7-10-20(16)30-6)23(29)32-21-22(28)31-13-24(21,4)5/h7-11,14,17,21H,12-13H2,1-6H3/t17?,21-,25?/m0/s1. The highest BCUT2D eigenvalue weighted by molar-refractivity contribution is 5.92. The summed E-state index contributed by atoms with van der Waals surface area (Å²) in [5, 5.41) is 8.78. The molecule has 2 heterocycles. The number of rotatable bonds is 6. The van der Waals surface area contributed by atoms with Gasteiger partial charge in [-0.25, -0.2) is 4.79 Å². The number of carbonyl (C=O) groups excluding carboxylic acids is 2. The Labute approximate surface area is 188 Å². The molecule has 0 bridgehead atoms. The molecule has 7 nitrogen and oxygen atoms in total. The molecule has 2 aliphatic rings. The number of aryl methyl sites for hydroxylation is 1. The first kappa shape index (κ1) is 22.2. The van der Waals surface area contributed by atoms with Crippen molar-refractivity contribution in [2.45, 2.75) is 64.4 Å². The van der Waals surface area contributed by atoms with E-state index in [-0.39, 0.29) is 18.4 Å². The van der Waals surface area contributed by atoms with Crippen LogP contribution in [0.5, 0.6) is 5.75 Å². The van der Waals surface area contributed by atoms with Crippen molar-refractivity contribution >= 4 is 11.9 Å². The highest BCUT2D eigenvalue weighted by atomic mass is 16.6. The van der Waals surface area contributed by atoms with Gasteiger partial charge in [-0.2, -0.15) is 10.2 Å². The topological polar surface area (TPSA) is 87.6 Å². The summed E-state index contributed by atoms with van der Waals surface area (Å²) in [6.45, 7) is 10.0. The van der Waals surface area contributed by atoms with Gasteiger partial charge in [0.1, 0.15) is 17.8 Å². The van der Waals surface area contributed by atoms with Gasteiger partial charge in [-0.05, 0) is 37.5 Å². The number of aromatic nitrogens is 2. The SMILES string of the molecule is COc1ccc(C)cc1C1(C(=O)O[C@H]2C(=O)OCC2(C)C)CC1c1ccc(C(C)C)nn1. The van der Waals surface area contributed by atoms with Crippen LogP contribution in [0.3, 0.4) is 0 Å². The Morgan fingerprint density at radius 1 is 1.19 bits per heavy atom. The molecule has 0 N–H and O–H groups in total. The number of hydrogen-bond acceptors (Lipinski definition) is 7. The van der Waals surface area contributed by atoms with Crippen molar-refractivity contribution in [3.05, 3.63) is 52.8 Å². The molecule has 1 aromatic heterocycles. The first-order valence-corrected chi connectivity index (χ1v) is 11.0. The van der Waals surface area contributed by atoms with Crippen molar-refractivity contribution in [3.8, 4) is 5.75 Å². The lowest BCUT2D eigenvalue weighted by Gasteiger charge is -2.26. The average Bonchev–Trinajstić information content (AvgIpc) is 3.47. The maximum absolute atomic E-state index is 13.7. The van der Waals surface area contributed by atoms with Gasteiger partial charge in [-0.15, -0.1) is 0 Å². The van der Waals surface area contributed by atoms with Gasteiger partial charge >= 0.3 is 11.9 Å². The van der Waals surface area contributed by atoms with E-state index >= 15 is 0 Å². The molecule has 1 aliphatic carbocycles. The smallest absolute Gasteiger partial charge is 0.348 e. The second-order valence-corrected chi connectivity index (χ2v) is 9.85. The summed E-state index contributed by atoms with van der Waals surface area (Å²) in [5.74, 6) is -0.320. The zero-order valence-electron chi connectivity index (χ0n) is 19.5. The lowest BCUT2D eigenvalue weighted by molar-refractivity contribution is -0.165. The van der Waals surface area contributed by atoms with E-state index in [1.807, 2.05) is 51.1 Å². The Bertz CT molecular complexity index is 1050. The van der Waals surface area contributed by atoms with Gasteiger partial charge in [-0.3, -0.25) is 4.79 Å². The molecule has 7 heteroatoms. The zero-order valence-corrected chi connectivity index (χ0v) is 19.5. The Kier molecular flexibility index (Phi) is 5.47. The zero-order chi connectivity index (χ0) is 23.3. The second kappa shape index (κ2) is 7.87. The van der Waals surface area contributed by atoms with Crippen molar-refractivity contribution in [1.29, 1.82) is 0 Å². The fourth-order valence-corrected chi connectivity index (χ4v) is 4.42. The third-order valence-corrected chi connectivity index (χ3v) is 6.55. The Morgan fingerprint density at radius 3 is 2.50 bits per heavy atom. The minimum absolute atomic E-state index is 0.218. The van der Waals surface area contributed by atoms with Crippen molar-refractivity contribution in [1.82, 2.24) is 10.2 Å². The largest absolute Gasteiger partial charge is 0.496 e. The van der Waals surface area contributed by atoms with E-state index in [2.05, 4.69) is 24.0 Å². The fraction of sp³-hybridized carbons (Fsp3) is 0.520. The molecule has 0 amide bonds. The molecule has 3 atom stereocenters. The predicted octanol–water partition coefficient (Wildman–Crippen LogP) is 3.84. The molecular weight excluding hydrogens is 408 g/mol. The first-order valence-electron chi connectivity index (χ1n) is 11.0. The second-order valence-electron chi connectivity index (χ2n) is 9.85. The molecule has 0 spiro atoms. The number of ether oxygens (including phenoxy) is 3. The van der Waals surface area contributed by atoms with Gasteiger partial charge in [0, 0.05) is 16.9 Å². The molecule has 1 saturated heterocycles. The Morgan fingerprint density at radius 2 is 1.94 bits per heavy atom. The van der Waals surface area contributed by atoms with E-state index in [9.17, 15) is 9.59 Å². The third-order valence-electron chi connectivity index (χ3n) is 6.55. The number of cyclic esters (lactones) is 1. The summed E-state index contributed by atoms with van der Waals surface area (Å²) >= 11 is 0. The molecule has 170 valence electrons. The molecular formula is C25H30N2O5. The van der Waals surface area contributed by atoms with Crippen LogP contribution in [0, 0.1) is 12.3 Å². The molecule has 1 aromatic carbocycles. The van der Waals surface area contributed by atoms with Crippen LogP contribution in [0.25, 0.3) is 0 Å². The number of hydrogen-bond donors (Lipinski definition) is 0. The van der Waals surface area contributed by atoms with Crippen LogP contribution in [0.2, 0.25) is 0 Å². The van der Waals surface area contributed by atoms with Gasteiger partial charge in [0.25, 0.3) is 0 Å². The van der Waals surface area contributed by atoms with Crippen LogP contribution in [-0.4, -0.2) is 42.0 Å². The van der Waals surface area contributed by atoms with Crippen LogP contribution in [0.15, 0.2) is 30.3 Å². The van der Waals surface area contributed by atoms with Gasteiger partial charge in [-0.1, -0.05) is 45.4 Å². The van der Waals surface area contributed by atoms with Gasteiger partial charge < -0.3 is 14.2 Å². The number of benzene rings is 1. The summed E-state index contributed by atoms with van der Waals surface area (Å²) in [4.78, 5) is 26.0. The quantitative estimate of drug-likeness (QED) is 0.633. The fourth-order valence-electron chi connectivity index (χ4n) is 4.42. The highest BCUT2D eigenvalue weighted by Gasteiger charge is 2.66. The molecule has 0 radical (unpaired) electrons. The third kappa shape index (κ3) is 3.63. The monoisotopic (exact) mass is 438 g/mol. The first-order chi connectivity index (χ1) is 15.1. The van der Waals surface area contributed by atoms with Gasteiger partial charge in [0.2, 0.25) is 6.10 Å². The van der Waals surface area contributed by atoms with Crippen molar-refractivity contribution in [2.24, 2.45) is 5.41 Å². The normalized spacial score (nSPS) is 26.0. The van der Waals surface area contributed by atoms with Crippen LogP contribution in [-0.2, 0) is 24.5 Å². The van der Waals surface area contributed by atoms with E-state index in [4.69, 9.17) is 14.2 Å².